The van der Waals surface area contributed by atoms with Crippen LogP contribution in [0.4, 0.5) is 29.2 Å². The predicted molar refractivity (Wildman–Crippen MR) is 216 cm³/mol. The molecule has 1 aromatic heterocycles. The van der Waals surface area contributed by atoms with Crippen molar-refractivity contribution in [1.29, 1.82) is 0 Å². The molecule has 3 rings (SSSR count). The van der Waals surface area contributed by atoms with E-state index in [0.717, 1.165) is 57.4 Å². The molecule has 2 atom stereocenters. The van der Waals surface area contributed by atoms with Crippen LogP contribution in [-0.2, 0) is 13.6 Å². The summed E-state index contributed by atoms with van der Waals surface area (Å²) in [5.74, 6) is 0.614. The molecular weight excluding hydrogens is 689 g/mol. The molecule has 0 aliphatic heterocycles. The molecule has 0 spiro atoms. The minimum Gasteiger partial charge on any atom is -0.462 e. The van der Waals surface area contributed by atoms with E-state index in [-0.39, 0.29) is 11.9 Å². The third-order valence-corrected chi connectivity index (χ3v) is 13.4. The molecule has 2 aromatic carbocycles. The third-order valence-electron chi connectivity index (χ3n) is 8.65. The van der Waals surface area contributed by atoms with Gasteiger partial charge in [0.25, 0.3) is 0 Å². The molecule has 0 aliphatic carbocycles. The van der Waals surface area contributed by atoms with Gasteiger partial charge in [0.15, 0.2) is 17.4 Å². The van der Waals surface area contributed by atoms with E-state index in [4.69, 9.17) is 13.6 Å². The van der Waals surface area contributed by atoms with E-state index in [1.54, 1.807) is 36.4 Å². The first-order chi connectivity index (χ1) is 25.0. The van der Waals surface area contributed by atoms with Crippen molar-refractivity contribution in [3.05, 3.63) is 59.7 Å². The zero-order valence-electron chi connectivity index (χ0n) is 32.6. The van der Waals surface area contributed by atoms with Gasteiger partial charge in [0, 0.05) is 6.54 Å². The van der Waals surface area contributed by atoms with Crippen molar-refractivity contribution in [3.63, 3.8) is 0 Å². The van der Waals surface area contributed by atoms with Crippen LogP contribution >= 0.6 is 0 Å². The molecule has 0 saturated carbocycles. The summed E-state index contributed by atoms with van der Waals surface area (Å²) in [6, 6.07) is 15.2. The van der Waals surface area contributed by atoms with Crippen molar-refractivity contribution in [2.75, 3.05) is 35.7 Å². The van der Waals surface area contributed by atoms with Crippen LogP contribution in [0, 0.1) is 11.8 Å². The van der Waals surface area contributed by atoms with E-state index in [9.17, 15) is 9.59 Å². The Balaban J connectivity index is 1.87. The van der Waals surface area contributed by atoms with Gasteiger partial charge in [0.05, 0.1) is 35.7 Å². The van der Waals surface area contributed by atoms with Gasteiger partial charge in [-0.15, -0.1) is 0 Å². The Hall–Kier alpha value is -3.82. The number of carbonyl (C=O) groups excluding carboxylic acids is 2. The fourth-order valence-corrected chi connectivity index (χ4v) is 10.7. The Morgan fingerprint density at radius 1 is 0.712 bits per heavy atom. The summed E-state index contributed by atoms with van der Waals surface area (Å²) in [5, 5.41) is 9.80. The van der Waals surface area contributed by atoms with E-state index in [2.05, 4.69) is 84.8 Å². The topological polar surface area (TPSA) is 137 Å². The number of nitrogens with zero attached hydrogens (tertiary/aromatic N) is 3. The van der Waals surface area contributed by atoms with Crippen LogP contribution in [-0.4, -0.2) is 64.0 Å². The maximum absolute atomic E-state index is 13.3. The van der Waals surface area contributed by atoms with Gasteiger partial charge >= 0.3 is 11.9 Å². The summed E-state index contributed by atoms with van der Waals surface area (Å²) in [6.45, 7) is 18.7. The van der Waals surface area contributed by atoms with E-state index in [0.29, 0.717) is 60.0 Å². The van der Waals surface area contributed by atoms with Gasteiger partial charge < -0.3 is 29.5 Å². The molecule has 0 fully saturated rings. The Labute approximate surface area is 314 Å². The molecule has 3 N–H and O–H groups in total. The van der Waals surface area contributed by atoms with Gasteiger partial charge in [-0.2, -0.15) is 15.0 Å². The Morgan fingerprint density at radius 2 is 1.15 bits per heavy atom. The second kappa shape index (κ2) is 22.3. The highest BCUT2D eigenvalue weighted by Gasteiger charge is 2.21. The monoisotopic (exact) mass is 749 g/mol. The molecule has 2 unspecified atom stereocenters. The van der Waals surface area contributed by atoms with Gasteiger partial charge in [-0.05, 0) is 81.2 Å². The van der Waals surface area contributed by atoms with E-state index in [1.807, 2.05) is 12.1 Å². The number of esters is 2. The normalized spacial score (nSPS) is 12.6. The van der Waals surface area contributed by atoms with Crippen LogP contribution in [0.2, 0.25) is 32.2 Å². The molecule has 52 heavy (non-hydrogen) atoms. The summed E-state index contributed by atoms with van der Waals surface area (Å²) in [7, 11) is -2.65. The van der Waals surface area contributed by atoms with Crippen LogP contribution in [0.5, 0.6) is 0 Å². The van der Waals surface area contributed by atoms with Crippen molar-refractivity contribution in [1.82, 2.24) is 15.0 Å². The average Bonchev–Trinajstić information content (AvgIpc) is 3.11. The average molecular weight is 750 g/mol. The first-order valence-electron chi connectivity index (χ1n) is 19.0. The molecule has 1 radical (unpaired) electrons. The summed E-state index contributed by atoms with van der Waals surface area (Å²) < 4.78 is 17.9. The van der Waals surface area contributed by atoms with E-state index < -0.39 is 29.3 Å². The zero-order valence-corrected chi connectivity index (χ0v) is 34.6. The number of carbonyl (C=O) groups is 2. The number of unbranched alkanes of at least 4 members (excludes halogenated alkanes) is 2. The second-order valence-corrected chi connectivity index (χ2v) is 21.2. The van der Waals surface area contributed by atoms with Crippen LogP contribution < -0.4 is 16.0 Å². The Kier molecular flexibility index (Phi) is 18.3. The maximum atomic E-state index is 13.3. The highest BCUT2D eigenvalue weighted by Crippen LogP contribution is 2.25. The number of hydrogen-bond donors (Lipinski definition) is 3. The van der Waals surface area contributed by atoms with Gasteiger partial charge in [0.2, 0.25) is 17.8 Å². The molecule has 13 heteroatoms. The zero-order chi connectivity index (χ0) is 37.9. The van der Waals surface area contributed by atoms with Crippen molar-refractivity contribution < 1.29 is 23.2 Å². The fourth-order valence-electron chi connectivity index (χ4n) is 5.61. The number of ether oxygens (including phenoxy) is 2. The molecule has 0 saturated heterocycles. The highest BCUT2D eigenvalue weighted by molar-refractivity contribution is 6.77. The lowest BCUT2D eigenvalue weighted by molar-refractivity contribution is 0.0420. The van der Waals surface area contributed by atoms with Gasteiger partial charge in [-0.25, -0.2) is 9.59 Å². The highest BCUT2D eigenvalue weighted by atomic mass is 28.4. The fraction of sp³-hybridized carbons (Fsp3) is 0.564. The number of hydrogen-bond acceptors (Lipinski definition) is 11. The lowest BCUT2D eigenvalue weighted by Crippen LogP contribution is -2.34. The quantitative estimate of drug-likeness (QED) is 0.0596. The summed E-state index contributed by atoms with van der Waals surface area (Å²) in [5.41, 5.74) is 1.79. The van der Waals surface area contributed by atoms with Crippen LogP contribution in [0.3, 0.4) is 0 Å². The van der Waals surface area contributed by atoms with Crippen molar-refractivity contribution in [3.8, 4) is 0 Å². The summed E-state index contributed by atoms with van der Waals surface area (Å²) in [4.78, 5) is 40.6. The Bertz CT molecular complexity index is 1440. The molecule has 3 aromatic rings. The van der Waals surface area contributed by atoms with Crippen molar-refractivity contribution in [2.24, 2.45) is 11.8 Å². The smallest absolute Gasteiger partial charge is 0.340 e. The lowest BCUT2D eigenvalue weighted by Gasteiger charge is -2.22. The van der Waals surface area contributed by atoms with E-state index in [1.165, 1.54) is 0 Å². The number of para-hydroxylation sites is 2. The summed E-state index contributed by atoms with van der Waals surface area (Å²) in [6.07, 6.45) is 8.39. The lowest BCUT2D eigenvalue weighted by atomic mass is 10.0. The minimum absolute atomic E-state index is 0.219. The molecule has 0 aliphatic rings. The van der Waals surface area contributed by atoms with Gasteiger partial charge in [0.1, 0.15) is 0 Å². The van der Waals surface area contributed by atoms with Crippen molar-refractivity contribution in [2.45, 2.75) is 111 Å². The number of nitrogens with one attached hydrogen (secondary N) is 3. The minimum atomic E-state index is -1.64. The number of benzene rings is 2. The molecule has 11 nitrogen and oxygen atoms in total. The largest absolute Gasteiger partial charge is 0.462 e. The number of aromatic nitrogens is 3. The second-order valence-electron chi connectivity index (χ2n) is 14.3. The molecule has 1 heterocycles. The van der Waals surface area contributed by atoms with Gasteiger partial charge in [-0.1, -0.05) is 90.5 Å². The summed E-state index contributed by atoms with van der Waals surface area (Å²) >= 11 is 0. The number of anilines is 5. The maximum Gasteiger partial charge on any atom is 0.340 e. The van der Waals surface area contributed by atoms with Crippen LogP contribution in [0.15, 0.2) is 48.5 Å². The van der Waals surface area contributed by atoms with Crippen LogP contribution in [0.25, 0.3) is 0 Å². The van der Waals surface area contributed by atoms with Crippen LogP contribution in [0.1, 0.15) is 99.8 Å². The molecule has 0 amide bonds. The molecule has 0 bridgehead atoms. The first-order valence-corrected chi connectivity index (χ1v) is 24.6. The van der Waals surface area contributed by atoms with Crippen molar-refractivity contribution >= 4 is 58.5 Å². The standard InChI is InChI=1S/C39H61N6O5Si2/c1-9-13-19-29(11-3)27-48-35(46)31-21-15-17-23-33(31)41-38-43-37(40-25-26-51(5)50-52(6,7)8)44-39(45-38)42-34-24-18-16-22-32(34)36(47)49-28-30(12-4)20-14-10-2/h15-18,21-24,29-30H,9-14,19-20,25-28H2,1-8H3,(H3,40,41,42,43,44,45). The molecular formula is C39H61N6O5Si2. The third kappa shape index (κ3) is 15.0. The predicted octanol–water partition coefficient (Wildman–Crippen LogP) is 9.99. The van der Waals surface area contributed by atoms with Gasteiger partial charge in [-0.3, -0.25) is 0 Å². The molecule has 285 valence electrons. The number of rotatable bonds is 24. The Morgan fingerprint density at radius 3 is 1.58 bits per heavy atom. The first kappa shape index (κ1) is 42.6. The SMILES string of the molecule is CCCCC(CC)COC(=O)c1ccccc1Nc1nc(NCC[Si](C)O[Si](C)(C)C)nc(Nc2ccccc2C(=O)OCC(CC)CCCC)n1. The van der Waals surface area contributed by atoms with E-state index >= 15 is 0 Å².